The van der Waals surface area contributed by atoms with Gasteiger partial charge in [0.05, 0.1) is 16.5 Å². The molecule has 0 amide bonds. The zero-order valence-corrected chi connectivity index (χ0v) is 12.0. The van der Waals surface area contributed by atoms with Gasteiger partial charge in [-0.1, -0.05) is 18.2 Å². The highest BCUT2D eigenvalue weighted by molar-refractivity contribution is 5.97. The molecule has 0 saturated heterocycles. The Bertz CT molecular complexity index is 1050. The molecule has 0 N–H and O–H groups in total. The molecule has 0 spiro atoms. The van der Waals surface area contributed by atoms with Gasteiger partial charge < -0.3 is 4.42 Å². The van der Waals surface area contributed by atoms with Crippen molar-refractivity contribution in [1.82, 2.24) is 4.98 Å². The van der Waals surface area contributed by atoms with E-state index in [1.54, 1.807) is 12.3 Å². The van der Waals surface area contributed by atoms with Crippen LogP contribution in [0, 0.1) is 6.92 Å². The van der Waals surface area contributed by atoms with E-state index < -0.39 is 0 Å². The van der Waals surface area contributed by atoms with E-state index in [0.29, 0.717) is 21.9 Å². The standard InChI is InChI=1S/C19H13NO2/c1-12-10-14(16-7-4-5-9-20-16)19-15(11-12)18(21)13-6-2-3-8-17(13)22-19/h2-11H,1H3. The maximum atomic E-state index is 12.7. The Morgan fingerprint density at radius 2 is 1.77 bits per heavy atom. The Hall–Kier alpha value is -2.94. The fourth-order valence-electron chi connectivity index (χ4n) is 2.76. The van der Waals surface area contributed by atoms with Crippen LogP contribution in [-0.2, 0) is 0 Å². The van der Waals surface area contributed by atoms with Gasteiger partial charge in [0.2, 0.25) is 5.43 Å². The van der Waals surface area contributed by atoms with Crippen molar-refractivity contribution in [3.05, 3.63) is 76.6 Å². The van der Waals surface area contributed by atoms with E-state index in [0.717, 1.165) is 16.8 Å². The molecule has 4 aromatic rings. The van der Waals surface area contributed by atoms with Gasteiger partial charge in [0.25, 0.3) is 0 Å². The first-order valence-corrected chi connectivity index (χ1v) is 7.11. The van der Waals surface area contributed by atoms with Crippen LogP contribution >= 0.6 is 0 Å². The molecule has 0 radical (unpaired) electrons. The number of hydrogen-bond acceptors (Lipinski definition) is 3. The maximum Gasteiger partial charge on any atom is 0.200 e. The Balaban J connectivity index is 2.21. The molecular formula is C19H13NO2. The number of aryl methyl sites for hydroxylation is 1. The van der Waals surface area contributed by atoms with Crippen molar-refractivity contribution < 1.29 is 4.42 Å². The molecule has 0 atom stereocenters. The monoisotopic (exact) mass is 287 g/mol. The lowest BCUT2D eigenvalue weighted by atomic mass is 10.0. The van der Waals surface area contributed by atoms with Crippen molar-refractivity contribution in [3.8, 4) is 11.3 Å². The molecule has 0 aliphatic rings. The number of benzene rings is 2. The van der Waals surface area contributed by atoms with Crippen LogP contribution in [0.4, 0.5) is 0 Å². The third kappa shape index (κ3) is 1.91. The smallest absolute Gasteiger partial charge is 0.200 e. The van der Waals surface area contributed by atoms with E-state index in [2.05, 4.69) is 4.98 Å². The molecule has 0 saturated carbocycles. The number of para-hydroxylation sites is 1. The van der Waals surface area contributed by atoms with Gasteiger partial charge in [-0.2, -0.15) is 0 Å². The van der Waals surface area contributed by atoms with Gasteiger partial charge in [-0.05, 0) is 48.9 Å². The lowest BCUT2D eigenvalue weighted by molar-refractivity contribution is 0.660. The second-order valence-corrected chi connectivity index (χ2v) is 5.33. The largest absolute Gasteiger partial charge is 0.455 e. The van der Waals surface area contributed by atoms with E-state index in [1.807, 2.05) is 55.5 Å². The van der Waals surface area contributed by atoms with Gasteiger partial charge in [0.1, 0.15) is 11.2 Å². The van der Waals surface area contributed by atoms with E-state index in [9.17, 15) is 4.79 Å². The van der Waals surface area contributed by atoms with Crippen molar-refractivity contribution in [3.63, 3.8) is 0 Å². The van der Waals surface area contributed by atoms with E-state index in [4.69, 9.17) is 4.42 Å². The summed E-state index contributed by atoms with van der Waals surface area (Å²) in [6.45, 7) is 1.97. The first-order valence-electron chi connectivity index (χ1n) is 7.11. The van der Waals surface area contributed by atoms with Crippen molar-refractivity contribution in [2.75, 3.05) is 0 Å². The van der Waals surface area contributed by atoms with Gasteiger partial charge in [0.15, 0.2) is 0 Å². The van der Waals surface area contributed by atoms with Crippen LogP contribution in [0.15, 0.2) is 70.0 Å². The SMILES string of the molecule is Cc1cc(-c2ccccn2)c2oc3ccccc3c(=O)c2c1. The van der Waals surface area contributed by atoms with E-state index in [-0.39, 0.29) is 5.43 Å². The Morgan fingerprint density at radius 3 is 2.59 bits per heavy atom. The van der Waals surface area contributed by atoms with Crippen LogP contribution in [0.3, 0.4) is 0 Å². The molecule has 3 heteroatoms. The van der Waals surface area contributed by atoms with Crippen molar-refractivity contribution >= 4 is 21.9 Å². The molecule has 22 heavy (non-hydrogen) atoms. The van der Waals surface area contributed by atoms with Gasteiger partial charge in [-0.3, -0.25) is 9.78 Å². The minimum Gasteiger partial charge on any atom is -0.455 e. The Kier molecular flexibility index (Phi) is 2.79. The second-order valence-electron chi connectivity index (χ2n) is 5.33. The van der Waals surface area contributed by atoms with Crippen LogP contribution < -0.4 is 5.43 Å². The second kappa shape index (κ2) is 4.81. The molecule has 2 heterocycles. The third-order valence-electron chi connectivity index (χ3n) is 3.76. The lowest BCUT2D eigenvalue weighted by Crippen LogP contribution is -2.03. The summed E-state index contributed by atoms with van der Waals surface area (Å²) in [4.78, 5) is 17.1. The molecule has 4 rings (SSSR count). The van der Waals surface area contributed by atoms with Gasteiger partial charge in [-0.25, -0.2) is 0 Å². The summed E-state index contributed by atoms with van der Waals surface area (Å²) in [6, 6.07) is 16.9. The minimum absolute atomic E-state index is 0.00210. The summed E-state index contributed by atoms with van der Waals surface area (Å²) in [5, 5.41) is 1.20. The fraction of sp³-hybridized carbons (Fsp3) is 0.0526. The average Bonchev–Trinajstić information content (AvgIpc) is 2.56. The van der Waals surface area contributed by atoms with Crippen LogP contribution in [0.2, 0.25) is 0 Å². The van der Waals surface area contributed by atoms with Gasteiger partial charge in [0, 0.05) is 11.8 Å². The highest BCUT2D eigenvalue weighted by atomic mass is 16.3. The molecule has 2 aromatic carbocycles. The summed E-state index contributed by atoms with van der Waals surface area (Å²) in [7, 11) is 0. The number of fused-ring (bicyclic) bond motifs is 2. The first kappa shape index (κ1) is 12.8. The summed E-state index contributed by atoms with van der Waals surface area (Å²) < 4.78 is 6.03. The summed E-state index contributed by atoms with van der Waals surface area (Å²) in [5.41, 5.74) is 3.84. The average molecular weight is 287 g/mol. The van der Waals surface area contributed by atoms with Gasteiger partial charge >= 0.3 is 0 Å². The molecule has 3 nitrogen and oxygen atoms in total. The van der Waals surface area contributed by atoms with Crippen LogP contribution in [0.1, 0.15) is 5.56 Å². The van der Waals surface area contributed by atoms with Crippen molar-refractivity contribution in [1.29, 1.82) is 0 Å². The highest BCUT2D eigenvalue weighted by Crippen LogP contribution is 2.29. The zero-order valence-electron chi connectivity index (χ0n) is 12.0. The maximum absolute atomic E-state index is 12.7. The summed E-state index contributed by atoms with van der Waals surface area (Å²) in [6.07, 6.45) is 1.74. The molecule has 0 aliphatic heterocycles. The molecule has 106 valence electrons. The summed E-state index contributed by atoms with van der Waals surface area (Å²) in [5.74, 6) is 0. The quantitative estimate of drug-likeness (QED) is 0.490. The van der Waals surface area contributed by atoms with Crippen LogP contribution in [-0.4, -0.2) is 4.98 Å². The Labute approximate surface area is 126 Å². The van der Waals surface area contributed by atoms with Gasteiger partial charge in [-0.15, -0.1) is 0 Å². The van der Waals surface area contributed by atoms with Crippen molar-refractivity contribution in [2.45, 2.75) is 6.92 Å². The van der Waals surface area contributed by atoms with E-state index >= 15 is 0 Å². The first-order chi connectivity index (χ1) is 10.7. The minimum atomic E-state index is -0.00210. The highest BCUT2D eigenvalue weighted by Gasteiger charge is 2.13. The molecule has 0 unspecified atom stereocenters. The van der Waals surface area contributed by atoms with Crippen LogP contribution in [0.25, 0.3) is 33.2 Å². The van der Waals surface area contributed by atoms with Crippen LogP contribution in [0.5, 0.6) is 0 Å². The molecule has 0 bridgehead atoms. The number of rotatable bonds is 1. The number of hydrogen-bond donors (Lipinski definition) is 0. The predicted octanol–water partition coefficient (Wildman–Crippen LogP) is 4.32. The lowest BCUT2D eigenvalue weighted by Gasteiger charge is -2.08. The van der Waals surface area contributed by atoms with E-state index in [1.165, 1.54) is 0 Å². The van der Waals surface area contributed by atoms with Crippen molar-refractivity contribution in [2.24, 2.45) is 0 Å². The third-order valence-corrected chi connectivity index (χ3v) is 3.76. The Morgan fingerprint density at radius 1 is 0.955 bits per heavy atom. The predicted molar refractivity (Wildman–Crippen MR) is 88.0 cm³/mol. The topological polar surface area (TPSA) is 43.1 Å². The number of pyridine rings is 1. The summed E-state index contributed by atoms with van der Waals surface area (Å²) >= 11 is 0. The molecule has 0 fully saturated rings. The molecule has 2 aromatic heterocycles. The molecule has 0 aliphatic carbocycles. The normalized spacial score (nSPS) is 11.1. The zero-order chi connectivity index (χ0) is 15.1. The fourth-order valence-corrected chi connectivity index (χ4v) is 2.76. The molecular weight excluding hydrogens is 274 g/mol. The number of nitrogens with zero attached hydrogens (tertiary/aromatic N) is 1. The number of aromatic nitrogens is 1.